The van der Waals surface area contributed by atoms with Gasteiger partial charge in [-0.05, 0) is 79.4 Å². The molecule has 0 saturated carbocycles. The number of nitro groups is 1. The van der Waals surface area contributed by atoms with E-state index in [1.54, 1.807) is 24.3 Å². The monoisotopic (exact) mass is 671 g/mol. The molecule has 0 aliphatic heterocycles. The first-order chi connectivity index (χ1) is 23.0. The van der Waals surface area contributed by atoms with Gasteiger partial charge in [0, 0.05) is 22.9 Å². The summed E-state index contributed by atoms with van der Waals surface area (Å²) in [6.45, 7) is 7.73. The maximum Gasteiger partial charge on any atom is 0.313 e. The maximum absolute atomic E-state index is 13.8. The van der Waals surface area contributed by atoms with E-state index in [0.717, 1.165) is 33.7 Å². The Hall–Kier alpha value is -5.62. The Balaban J connectivity index is 1.53. The second-order valence-corrected chi connectivity index (χ2v) is 11.5. The van der Waals surface area contributed by atoms with E-state index in [1.165, 1.54) is 30.5 Å². The van der Waals surface area contributed by atoms with E-state index in [4.69, 9.17) is 26.1 Å². The first-order valence-electron chi connectivity index (χ1n) is 15.0. The molecule has 5 rings (SSSR count). The third kappa shape index (κ3) is 7.34. The number of fused-ring (bicyclic) bond motifs is 1. The number of aromatic nitrogens is 2. The Kier molecular flexibility index (Phi) is 10.1. The molecular weight excluding hydrogens is 641 g/mol. The molecule has 4 aromatic carbocycles. The molecule has 0 radical (unpaired) electrons. The molecule has 0 atom stereocenters. The number of aryl methyl sites for hydroxylation is 1. The number of hydrogen-bond acceptors (Lipinski definition) is 8. The summed E-state index contributed by atoms with van der Waals surface area (Å²) in [4.78, 5) is 42.3. The van der Waals surface area contributed by atoms with Gasteiger partial charge in [-0.15, -0.1) is 0 Å². The SMILES string of the molecule is CCOc1cc(C)c(-c2nc3ccccc3c(=O)n2N=Cc2cc(Cl)c(OCC(=O)Nc3cccc(F)c3)c([N+](=O)[O-])c2)cc1C(C)C. The number of carbonyl (C=O) groups excluding carboxylic acids is 1. The largest absolute Gasteiger partial charge is 0.494 e. The van der Waals surface area contributed by atoms with Crippen LogP contribution < -0.4 is 20.3 Å². The Labute approximate surface area is 279 Å². The van der Waals surface area contributed by atoms with Gasteiger partial charge in [-0.3, -0.25) is 19.7 Å². The summed E-state index contributed by atoms with van der Waals surface area (Å²) in [6, 6.07) is 18.5. The van der Waals surface area contributed by atoms with Gasteiger partial charge in [0.2, 0.25) is 5.75 Å². The van der Waals surface area contributed by atoms with Crippen molar-refractivity contribution in [2.75, 3.05) is 18.5 Å². The summed E-state index contributed by atoms with van der Waals surface area (Å²) in [7, 11) is 0. The molecule has 0 saturated heterocycles. The molecule has 1 heterocycles. The second kappa shape index (κ2) is 14.4. The zero-order valence-corrected chi connectivity index (χ0v) is 27.2. The minimum atomic E-state index is -0.713. The summed E-state index contributed by atoms with van der Waals surface area (Å²) in [5.41, 5.74) is 2.26. The van der Waals surface area contributed by atoms with E-state index >= 15 is 0 Å². The Bertz CT molecular complexity index is 2130. The normalized spacial score (nSPS) is 11.3. The highest BCUT2D eigenvalue weighted by molar-refractivity contribution is 6.32. The number of amides is 1. The highest BCUT2D eigenvalue weighted by Gasteiger charge is 2.22. The summed E-state index contributed by atoms with van der Waals surface area (Å²) in [5.74, 6) is -0.466. The standard InChI is InChI=1S/C35H31ClFN5O6/c1-5-47-31-13-21(4)27(17-26(31)20(2)3)34-40-29-12-7-6-11-25(29)35(44)41(34)38-18-22-14-28(36)33(30(15-22)42(45)46)48-19-32(43)39-24-10-8-9-23(37)16-24/h6-18,20H,5,19H2,1-4H3,(H,39,43). The van der Waals surface area contributed by atoms with Crippen molar-refractivity contribution in [1.29, 1.82) is 0 Å². The average molecular weight is 672 g/mol. The number of hydrogen-bond donors (Lipinski definition) is 1. The molecule has 13 heteroatoms. The van der Waals surface area contributed by atoms with Crippen molar-refractivity contribution in [3.8, 4) is 22.9 Å². The third-order valence-electron chi connectivity index (χ3n) is 7.29. The molecule has 0 fully saturated rings. The van der Waals surface area contributed by atoms with E-state index < -0.39 is 34.5 Å². The molecule has 0 aliphatic rings. The topological polar surface area (TPSA) is 138 Å². The molecule has 246 valence electrons. The van der Waals surface area contributed by atoms with E-state index in [2.05, 4.69) is 10.4 Å². The van der Waals surface area contributed by atoms with Crippen molar-refractivity contribution >= 4 is 46.0 Å². The zero-order chi connectivity index (χ0) is 34.5. The molecule has 48 heavy (non-hydrogen) atoms. The van der Waals surface area contributed by atoms with Gasteiger partial charge in [-0.2, -0.15) is 9.78 Å². The van der Waals surface area contributed by atoms with Gasteiger partial charge >= 0.3 is 5.69 Å². The molecule has 0 aliphatic carbocycles. The first-order valence-corrected chi connectivity index (χ1v) is 15.3. The van der Waals surface area contributed by atoms with Crippen LogP contribution in [0.25, 0.3) is 22.3 Å². The second-order valence-electron chi connectivity index (χ2n) is 11.1. The number of halogens is 2. The molecule has 0 unspecified atom stereocenters. The van der Waals surface area contributed by atoms with E-state index in [1.807, 2.05) is 39.8 Å². The van der Waals surface area contributed by atoms with Crippen LogP contribution in [0.15, 0.2) is 82.7 Å². The van der Waals surface area contributed by atoms with Crippen LogP contribution in [0.3, 0.4) is 0 Å². The summed E-state index contributed by atoms with van der Waals surface area (Å²) in [5, 5.41) is 19.1. The van der Waals surface area contributed by atoms with Crippen molar-refractivity contribution in [3.63, 3.8) is 0 Å². The van der Waals surface area contributed by atoms with Crippen LogP contribution >= 0.6 is 11.6 Å². The molecule has 5 aromatic rings. The predicted molar refractivity (Wildman–Crippen MR) is 183 cm³/mol. The molecular formula is C35H31ClFN5O6. The number of carbonyl (C=O) groups is 1. The Morgan fingerprint density at radius 1 is 1.12 bits per heavy atom. The maximum atomic E-state index is 13.8. The van der Waals surface area contributed by atoms with Gasteiger partial charge in [-0.25, -0.2) is 9.37 Å². The van der Waals surface area contributed by atoms with E-state index in [9.17, 15) is 24.1 Å². The molecule has 11 nitrogen and oxygen atoms in total. The lowest BCUT2D eigenvalue weighted by Crippen LogP contribution is -2.21. The van der Waals surface area contributed by atoms with Crippen LogP contribution in [0.2, 0.25) is 5.02 Å². The lowest BCUT2D eigenvalue weighted by atomic mass is 9.96. The lowest BCUT2D eigenvalue weighted by molar-refractivity contribution is -0.385. The fourth-order valence-corrected chi connectivity index (χ4v) is 5.33. The number of benzene rings is 4. The van der Waals surface area contributed by atoms with E-state index in [-0.39, 0.29) is 33.8 Å². The minimum absolute atomic E-state index is 0.103. The summed E-state index contributed by atoms with van der Waals surface area (Å²) >= 11 is 6.40. The van der Waals surface area contributed by atoms with Gasteiger partial charge in [0.05, 0.1) is 33.7 Å². The van der Waals surface area contributed by atoms with Crippen LogP contribution in [0.1, 0.15) is 43.4 Å². The number of nitro benzene ring substituents is 1. The number of ether oxygens (including phenoxy) is 2. The van der Waals surface area contributed by atoms with Crippen molar-refractivity contribution in [3.05, 3.63) is 121 Å². The molecule has 1 aromatic heterocycles. The predicted octanol–water partition coefficient (Wildman–Crippen LogP) is 7.49. The minimum Gasteiger partial charge on any atom is -0.494 e. The number of nitrogens with zero attached hydrogens (tertiary/aromatic N) is 4. The van der Waals surface area contributed by atoms with Gasteiger partial charge in [0.1, 0.15) is 11.6 Å². The number of rotatable bonds is 11. The van der Waals surface area contributed by atoms with Crippen molar-refractivity contribution < 1.29 is 23.6 Å². The summed E-state index contributed by atoms with van der Waals surface area (Å²) in [6.07, 6.45) is 1.26. The van der Waals surface area contributed by atoms with Crippen LogP contribution in [0.4, 0.5) is 15.8 Å². The molecule has 0 spiro atoms. The van der Waals surface area contributed by atoms with Crippen LogP contribution in [-0.4, -0.2) is 39.9 Å². The van der Waals surface area contributed by atoms with Gasteiger partial charge < -0.3 is 14.8 Å². The van der Waals surface area contributed by atoms with Crippen LogP contribution in [0.5, 0.6) is 11.5 Å². The highest BCUT2D eigenvalue weighted by atomic mass is 35.5. The highest BCUT2D eigenvalue weighted by Crippen LogP contribution is 2.37. The fraction of sp³-hybridized carbons (Fsp3) is 0.200. The van der Waals surface area contributed by atoms with Crippen LogP contribution in [-0.2, 0) is 4.79 Å². The molecule has 1 N–H and O–H groups in total. The van der Waals surface area contributed by atoms with Gasteiger partial charge in [0.15, 0.2) is 12.4 Å². The number of nitrogens with one attached hydrogen (secondary N) is 1. The smallest absolute Gasteiger partial charge is 0.313 e. The fourth-order valence-electron chi connectivity index (χ4n) is 5.05. The molecule has 0 bridgehead atoms. The van der Waals surface area contributed by atoms with Gasteiger partial charge in [-0.1, -0.05) is 43.6 Å². The average Bonchev–Trinajstić information content (AvgIpc) is 3.03. The number of anilines is 1. The zero-order valence-electron chi connectivity index (χ0n) is 26.5. The van der Waals surface area contributed by atoms with Crippen molar-refractivity contribution in [1.82, 2.24) is 9.66 Å². The first kappa shape index (κ1) is 33.7. The third-order valence-corrected chi connectivity index (χ3v) is 7.58. The van der Waals surface area contributed by atoms with Crippen molar-refractivity contribution in [2.24, 2.45) is 5.10 Å². The number of para-hydroxylation sites is 1. The van der Waals surface area contributed by atoms with Crippen LogP contribution in [0, 0.1) is 22.9 Å². The van der Waals surface area contributed by atoms with E-state index in [0.29, 0.717) is 23.1 Å². The van der Waals surface area contributed by atoms with Gasteiger partial charge in [0.25, 0.3) is 11.5 Å². The van der Waals surface area contributed by atoms with Crippen molar-refractivity contribution in [2.45, 2.75) is 33.6 Å². The Morgan fingerprint density at radius 3 is 2.60 bits per heavy atom. The quantitative estimate of drug-likeness (QED) is 0.0872. The molecule has 1 amide bonds. The Morgan fingerprint density at radius 2 is 1.90 bits per heavy atom. The summed E-state index contributed by atoms with van der Waals surface area (Å²) < 4.78 is 25.9. The lowest BCUT2D eigenvalue weighted by Gasteiger charge is -2.18.